The van der Waals surface area contributed by atoms with E-state index in [0.717, 1.165) is 53.8 Å². The Morgan fingerprint density at radius 2 is 1.83 bits per heavy atom. The maximum Gasteiger partial charge on any atom is 0.149 e. The summed E-state index contributed by atoms with van der Waals surface area (Å²) in [5, 5.41) is 10.5. The number of nitrogens with two attached hydrogens (primary N) is 1. The van der Waals surface area contributed by atoms with Gasteiger partial charge in [-0.1, -0.05) is 0 Å². The highest BCUT2D eigenvalue weighted by atomic mass is 16.5. The number of ether oxygens (including phenoxy) is 1. The third-order valence-electron chi connectivity index (χ3n) is 5.46. The van der Waals surface area contributed by atoms with Gasteiger partial charge in [-0.05, 0) is 49.9 Å². The molecule has 152 valence electrons. The van der Waals surface area contributed by atoms with Crippen molar-refractivity contribution < 1.29 is 4.74 Å². The number of rotatable bonds is 5. The van der Waals surface area contributed by atoms with Crippen molar-refractivity contribution in [1.82, 2.24) is 25.1 Å². The normalized spacial score (nSPS) is 18.9. The Morgan fingerprint density at radius 1 is 0.967 bits per heavy atom. The van der Waals surface area contributed by atoms with Crippen molar-refractivity contribution in [3.05, 3.63) is 55.1 Å². The minimum Gasteiger partial charge on any atom is -0.488 e. The number of nitrogens with zero attached hydrogens (tertiary/aromatic N) is 4. The zero-order valence-corrected chi connectivity index (χ0v) is 16.5. The van der Waals surface area contributed by atoms with Crippen LogP contribution in [0.1, 0.15) is 25.7 Å². The van der Waals surface area contributed by atoms with Gasteiger partial charge in [0, 0.05) is 48.1 Å². The number of anilines is 2. The van der Waals surface area contributed by atoms with Gasteiger partial charge in [0.15, 0.2) is 0 Å². The molecule has 0 unspecified atom stereocenters. The molecule has 1 aromatic carbocycles. The molecule has 1 aliphatic rings. The molecule has 0 amide bonds. The molecule has 3 heterocycles. The van der Waals surface area contributed by atoms with Gasteiger partial charge in [0.05, 0.1) is 17.3 Å². The lowest BCUT2D eigenvalue weighted by Gasteiger charge is -2.30. The van der Waals surface area contributed by atoms with E-state index in [2.05, 4.69) is 30.5 Å². The number of nitrogen functional groups attached to an aromatic ring is 1. The lowest BCUT2D eigenvalue weighted by atomic mass is 9.93. The molecular formula is C22H23N7O. The van der Waals surface area contributed by atoms with E-state index in [1.807, 2.05) is 36.5 Å². The number of aromatic amines is 1. The van der Waals surface area contributed by atoms with Crippen LogP contribution in [0.25, 0.3) is 22.3 Å². The van der Waals surface area contributed by atoms with Crippen LogP contribution in [0.15, 0.2) is 55.1 Å². The number of benzene rings is 1. The number of hydrogen-bond acceptors (Lipinski definition) is 7. The van der Waals surface area contributed by atoms with Crippen molar-refractivity contribution in [1.29, 1.82) is 0 Å². The molecule has 4 N–H and O–H groups in total. The van der Waals surface area contributed by atoms with E-state index in [0.29, 0.717) is 17.5 Å². The summed E-state index contributed by atoms with van der Waals surface area (Å²) in [7, 11) is 0. The number of aromatic nitrogens is 5. The van der Waals surface area contributed by atoms with Gasteiger partial charge < -0.3 is 15.8 Å². The summed E-state index contributed by atoms with van der Waals surface area (Å²) in [4.78, 5) is 13.3. The van der Waals surface area contributed by atoms with E-state index in [1.165, 1.54) is 0 Å². The molecule has 0 bridgehead atoms. The molecule has 30 heavy (non-hydrogen) atoms. The summed E-state index contributed by atoms with van der Waals surface area (Å²) >= 11 is 0. The van der Waals surface area contributed by atoms with Crippen molar-refractivity contribution in [2.24, 2.45) is 0 Å². The predicted molar refractivity (Wildman–Crippen MR) is 116 cm³/mol. The molecule has 1 aliphatic carbocycles. The van der Waals surface area contributed by atoms with Crippen molar-refractivity contribution in [2.75, 3.05) is 11.1 Å². The Balaban J connectivity index is 1.19. The van der Waals surface area contributed by atoms with Crippen LogP contribution < -0.4 is 15.8 Å². The molecule has 4 aromatic rings. The first kappa shape index (κ1) is 18.4. The van der Waals surface area contributed by atoms with Crippen LogP contribution >= 0.6 is 0 Å². The Kier molecular flexibility index (Phi) is 4.88. The third kappa shape index (κ3) is 3.89. The lowest BCUT2D eigenvalue weighted by Crippen LogP contribution is -2.31. The Hall–Kier alpha value is -3.68. The van der Waals surface area contributed by atoms with Crippen LogP contribution in [0.3, 0.4) is 0 Å². The number of H-pyrrole nitrogens is 1. The lowest BCUT2D eigenvalue weighted by molar-refractivity contribution is 0.152. The van der Waals surface area contributed by atoms with Gasteiger partial charge >= 0.3 is 0 Å². The van der Waals surface area contributed by atoms with Crippen LogP contribution in [0, 0.1) is 0 Å². The Morgan fingerprint density at radius 3 is 2.60 bits per heavy atom. The van der Waals surface area contributed by atoms with Crippen LogP contribution in [0.4, 0.5) is 11.5 Å². The standard InChI is InChI=1S/C22H23N7O/c23-15-11-19-22(25-10-9-24-19)20(12-15)30-17-4-2-16(3-5-17)28-21-6-1-14(13-26-21)18-7-8-27-29-18/h1,6-13,16-17H,2-5,23H2,(H,26,28)(H,27,29). The van der Waals surface area contributed by atoms with E-state index >= 15 is 0 Å². The number of nitrogens with one attached hydrogen (secondary N) is 2. The van der Waals surface area contributed by atoms with E-state index in [-0.39, 0.29) is 6.10 Å². The average molecular weight is 401 g/mol. The highest BCUT2D eigenvalue weighted by molar-refractivity contribution is 5.84. The van der Waals surface area contributed by atoms with Crippen molar-refractivity contribution in [3.63, 3.8) is 0 Å². The Bertz CT molecular complexity index is 1120. The SMILES string of the molecule is Nc1cc(OC2CCC(Nc3ccc(-c4ccn[nH]4)cn3)CC2)c2nccnc2c1. The van der Waals surface area contributed by atoms with Crippen molar-refractivity contribution in [2.45, 2.75) is 37.8 Å². The molecule has 8 heteroatoms. The molecule has 0 saturated heterocycles. The van der Waals surface area contributed by atoms with Gasteiger partial charge in [-0.2, -0.15) is 5.10 Å². The Labute approximate surface area is 173 Å². The number of pyridine rings is 1. The van der Waals surface area contributed by atoms with Gasteiger partial charge in [0.2, 0.25) is 0 Å². The molecule has 3 aromatic heterocycles. The molecule has 0 aliphatic heterocycles. The molecule has 8 nitrogen and oxygen atoms in total. The second kappa shape index (κ2) is 7.98. The summed E-state index contributed by atoms with van der Waals surface area (Å²) in [6.07, 6.45) is 11.0. The predicted octanol–water partition coefficient (Wildman–Crippen LogP) is 3.80. The monoisotopic (exact) mass is 401 g/mol. The second-order valence-electron chi connectivity index (χ2n) is 7.58. The van der Waals surface area contributed by atoms with E-state index in [9.17, 15) is 0 Å². The van der Waals surface area contributed by atoms with Crippen LogP contribution in [-0.4, -0.2) is 37.3 Å². The van der Waals surface area contributed by atoms with E-state index in [4.69, 9.17) is 10.5 Å². The summed E-state index contributed by atoms with van der Waals surface area (Å²) in [6.45, 7) is 0. The van der Waals surface area contributed by atoms with Gasteiger partial charge in [-0.3, -0.25) is 10.1 Å². The first-order valence-electron chi connectivity index (χ1n) is 10.1. The molecule has 5 rings (SSSR count). The largest absolute Gasteiger partial charge is 0.488 e. The first-order valence-corrected chi connectivity index (χ1v) is 10.1. The maximum atomic E-state index is 6.27. The van der Waals surface area contributed by atoms with Crippen molar-refractivity contribution >= 4 is 22.5 Å². The fraction of sp³-hybridized carbons (Fsp3) is 0.273. The van der Waals surface area contributed by atoms with E-state index in [1.54, 1.807) is 18.6 Å². The molecule has 1 fully saturated rings. The highest BCUT2D eigenvalue weighted by Gasteiger charge is 2.23. The molecule has 0 radical (unpaired) electrons. The minimum atomic E-state index is 0.144. The summed E-state index contributed by atoms with van der Waals surface area (Å²) in [5.41, 5.74) is 10.1. The maximum absolute atomic E-state index is 6.27. The quantitative estimate of drug-likeness (QED) is 0.436. The fourth-order valence-electron chi connectivity index (χ4n) is 3.92. The van der Waals surface area contributed by atoms with Gasteiger partial charge in [-0.15, -0.1) is 0 Å². The van der Waals surface area contributed by atoms with Crippen LogP contribution in [0.5, 0.6) is 5.75 Å². The van der Waals surface area contributed by atoms with Gasteiger partial charge in [0.1, 0.15) is 17.1 Å². The van der Waals surface area contributed by atoms with Gasteiger partial charge in [-0.25, -0.2) is 9.97 Å². The topological polar surface area (TPSA) is 115 Å². The number of hydrogen-bond donors (Lipinski definition) is 3. The van der Waals surface area contributed by atoms with Crippen molar-refractivity contribution in [3.8, 4) is 17.0 Å². The first-order chi connectivity index (χ1) is 14.7. The summed E-state index contributed by atoms with van der Waals surface area (Å²) in [5.74, 6) is 1.60. The van der Waals surface area contributed by atoms with Crippen LogP contribution in [-0.2, 0) is 0 Å². The molecule has 0 atom stereocenters. The third-order valence-corrected chi connectivity index (χ3v) is 5.46. The number of fused-ring (bicyclic) bond motifs is 1. The second-order valence-corrected chi connectivity index (χ2v) is 7.58. The summed E-state index contributed by atoms with van der Waals surface area (Å²) < 4.78 is 6.27. The molecule has 0 spiro atoms. The summed E-state index contributed by atoms with van der Waals surface area (Å²) in [6, 6.07) is 10.0. The fourth-order valence-corrected chi connectivity index (χ4v) is 3.92. The zero-order chi connectivity index (χ0) is 20.3. The molecule has 1 saturated carbocycles. The smallest absolute Gasteiger partial charge is 0.149 e. The molecular weight excluding hydrogens is 378 g/mol. The minimum absolute atomic E-state index is 0.144. The highest BCUT2D eigenvalue weighted by Crippen LogP contribution is 2.31. The van der Waals surface area contributed by atoms with Gasteiger partial charge in [0.25, 0.3) is 0 Å². The average Bonchev–Trinajstić information content (AvgIpc) is 3.30. The van der Waals surface area contributed by atoms with Crippen LogP contribution in [0.2, 0.25) is 0 Å². The van der Waals surface area contributed by atoms with E-state index < -0.39 is 0 Å². The zero-order valence-electron chi connectivity index (χ0n) is 16.5.